The van der Waals surface area contributed by atoms with Crippen LogP contribution in [0.15, 0.2) is 41.3 Å². The zero-order valence-corrected chi connectivity index (χ0v) is 8.31. The van der Waals surface area contributed by atoms with E-state index >= 15 is 0 Å². The van der Waals surface area contributed by atoms with Crippen molar-refractivity contribution in [1.82, 2.24) is 9.78 Å². The van der Waals surface area contributed by atoms with E-state index in [4.69, 9.17) is 5.73 Å². The van der Waals surface area contributed by atoms with Gasteiger partial charge in [0.2, 0.25) is 0 Å². The first-order valence-corrected chi connectivity index (χ1v) is 4.87. The van der Waals surface area contributed by atoms with Crippen molar-refractivity contribution in [3.05, 3.63) is 52.4 Å². The SMILES string of the molecule is NCCc1c[nH]n(-c2ccccc2)c1=O. The highest BCUT2D eigenvalue weighted by Crippen LogP contribution is 2.02. The van der Waals surface area contributed by atoms with Crippen LogP contribution in [0, 0.1) is 0 Å². The molecule has 0 bridgehead atoms. The Morgan fingerprint density at radius 3 is 2.67 bits per heavy atom. The van der Waals surface area contributed by atoms with E-state index in [0.717, 1.165) is 11.3 Å². The summed E-state index contributed by atoms with van der Waals surface area (Å²) in [4.78, 5) is 11.8. The average Bonchev–Trinajstić information content (AvgIpc) is 2.63. The molecule has 0 amide bonds. The van der Waals surface area contributed by atoms with E-state index < -0.39 is 0 Å². The summed E-state index contributed by atoms with van der Waals surface area (Å²) in [6.07, 6.45) is 2.32. The molecule has 0 aliphatic heterocycles. The van der Waals surface area contributed by atoms with Crippen molar-refractivity contribution in [2.24, 2.45) is 5.73 Å². The van der Waals surface area contributed by atoms with Crippen molar-refractivity contribution in [3.63, 3.8) is 0 Å². The van der Waals surface area contributed by atoms with Crippen LogP contribution in [0.2, 0.25) is 0 Å². The number of para-hydroxylation sites is 1. The maximum Gasteiger partial charge on any atom is 0.274 e. The summed E-state index contributed by atoms with van der Waals surface area (Å²) in [6.45, 7) is 0.488. The highest BCUT2D eigenvalue weighted by atomic mass is 16.1. The topological polar surface area (TPSA) is 63.8 Å². The second kappa shape index (κ2) is 4.14. The largest absolute Gasteiger partial charge is 0.330 e. The third-order valence-corrected chi connectivity index (χ3v) is 2.27. The number of nitrogens with two attached hydrogens (primary N) is 1. The van der Waals surface area contributed by atoms with Gasteiger partial charge in [0, 0.05) is 11.8 Å². The van der Waals surface area contributed by atoms with Crippen LogP contribution in [0.1, 0.15) is 5.56 Å². The molecule has 0 aliphatic carbocycles. The number of H-pyrrole nitrogens is 1. The maximum absolute atomic E-state index is 11.8. The Morgan fingerprint density at radius 1 is 1.27 bits per heavy atom. The van der Waals surface area contributed by atoms with Gasteiger partial charge in [-0.05, 0) is 25.1 Å². The molecule has 1 aromatic carbocycles. The van der Waals surface area contributed by atoms with Crippen LogP contribution >= 0.6 is 0 Å². The van der Waals surface area contributed by atoms with E-state index in [1.807, 2.05) is 30.3 Å². The first kappa shape index (κ1) is 9.73. The summed E-state index contributed by atoms with van der Waals surface area (Å²) < 4.78 is 1.52. The van der Waals surface area contributed by atoms with Gasteiger partial charge in [0.15, 0.2) is 0 Å². The normalized spacial score (nSPS) is 10.5. The fourth-order valence-corrected chi connectivity index (χ4v) is 1.51. The molecule has 0 aliphatic rings. The summed E-state index contributed by atoms with van der Waals surface area (Å²) in [6, 6.07) is 9.46. The molecule has 0 atom stereocenters. The van der Waals surface area contributed by atoms with Gasteiger partial charge in [-0.25, -0.2) is 4.68 Å². The summed E-state index contributed by atoms with van der Waals surface area (Å²) in [5.74, 6) is 0. The first-order chi connectivity index (χ1) is 7.33. The van der Waals surface area contributed by atoms with Gasteiger partial charge in [-0.2, -0.15) is 0 Å². The standard InChI is InChI=1S/C11H13N3O/c12-7-6-9-8-13-14(11(9)15)10-4-2-1-3-5-10/h1-5,8,13H,6-7,12H2. The van der Waals surface area contributed by atoms with Crippen LogP contribution in [-0.4, -0.2) is 16.3 Å². The molecule has 15 heavy (non-hydrogen) atoms. The molecule has 0 saturated carbocycles. The highest BCUT2D eigenvalue weighted by molar-refractivity contribution is 5.30. The highest BCUT2D eigenvalue weighted by Gasteiger charge is 2.05. The van der Waals surface area contributed by atoms with Crippen molar-refractivity contribution < 1.29 is 0 Å². The quantitative estimate of drug-likeness (QED) is 0.770. The molecule has 0 radical (unpaired) electrons. The van der Waals surface area contributed by atoms with Crippen molar-refractivity contribution in [2.45, 2.75) is 6.42 Å². The van der Waals surface area contributed by atoms with Gasteiger partial charge in [0.25, 0.3) is 5.56 Å². The molecular formula is C11H13N3O. The Hall–Kier alpha value is -1.81. The van der Waals surface area contributed by atoms with Crippen molar-refractivity contribution in [2.75, 3.05) is 6.54 Å². The predicted octanol–water partition coefficient (Wildman–Crippen LogP) is 0.667. The van der Waals surface area contributed by atoms with Gasteiger partial charge in [0.1, 0.15) is 0 Å². The van der Waals surface area contributed by atoms with Crippen LogP contribution in [0.5, 0.6) is 0 Å². The van der Waals surface area contributed by atoms with Crippen molar-refractivity contribution >= 4 is 0 Å². The third kappa shape index (κ3) is 1.85. The number of nitrogens with zero attached hydrogens (tertiary/aromatic N) is 1. The number of rotatable bonds is 3. The second-order valence-corrected chi connectivity index (χ2v) is 3.31. The Bertz CT molecular complexity index is 484. The Balaban J connectivity index is 2.43. The molecule has 0 fully saturated rings. The maximum atomic E-state index is 11.8. The number of aromatic amines is 1. The number of aromatic nitrogens is 2. The molecule has 4 nitrogen and oxygen atoms in total. The third-order valence-electron chi connectivity index (χ3n) is 2.27. The lowest BCUT2D eigenvalue weighted by atomic mass is 10.2. The van der Waals surface area contributed by atoms with E-state index in [9.17, 15) is 4.79 Å². The monoisotopic (exact) mass is 203 g/mol. The van der Waals surface area contributed by atoms with E-state index in [-0.39, 0.29) is 5.56 Å². The summed E-state index contributed by atoms with van der Waals surface area (Å²) in [5, 5.41) is 2.92. The Morgan fingerprint density at radius 2 is 2.00 bits per heavy atom. The molecule has 0 saturated heterocycles. The van der Waals surface area contributed by atoms with Crippen LogP contribution in [0.4, 0.5) is 0 Å². The Kier molecular flexibility index (Phi) is 2.69. The number of hydrogen-bond donors (Lipinski definition) is 2. The lowest BCUT2D eigenvalue weighted by Gasteiger charge is -1.99. The molecule has 0 unspecified atom stereocenters. The predicted molar refractivity (Wildman–Crippen MR) is 59.1 cm³/mol. The molecule has 78 valence electrons. The van der Waals surface area contributed by atoms with Crippen LogP contribution in [0.3, 0.4) is 0 Å². The van der Waals surface area contributed by atoms with E-state index in [2.05, 4.69) is 5.10 Å². The molecule has 3 N–H and O–H groups in total. The van der Waals surface area contributed by atoms with Crippen LogP contribution in [0.25, 0.3) is 5.69 Å². The van der Waals surface area contributed by atoms with Gasteiger partial charge >= 0.3 is 0 Å². The van der Waals surface area contributed by atoms with Gasteiger partial charge in [0.05, 0.1) is 5.69 Å². The molecule has 2 rings (SSSR count). The molecule has 1 aromatic heterocycles. The minimum Gasteiger partial charge on any atom is -0.330 e. The van der Waals surface area contributed by atoms with Gasteiger partial charge < -0.3 is 5.73 Å². The summed E-state index contributed by atoms with van der Waals surface area (Å²) >= 11 is 0. The minimum atomic E-state index is -0.0216. The fraction of sp³-hybridized carbons (Fsp3) is 0.182. The molecule has 1 heterocycles. The number of benzene rings is 1. The van der Waals surface area contributed by atoms with Crippen LogP contribution in [-0.2, 0) is 6.42 Å². The number of nitrogens with one attached hydrogen (secondary N) is 1. The van der Waals surface area contributed by atoms with Gasteiger partial charge in [-0.15, -0.1) is 0 Å². The molecule has 4 heteroatoms. The first-order valence-electron chi connectivity index (χ1n) is 4.87. The number of hydrogen-bond acceptors (Lipinski definition) is 2. The van der Waals surface area contributed by atoms with Crippen molar-refractivity contribution in [1.29, 1.82) is 0 Å². The Labute approximate surface area is 87.3 Å². The fourth-order valence-electron chi connectivity index (χ4n) is 1.51. The lowest BCUT2D eigenvalue weighted by molar-refractivity contribution is 0.844. The summed E-state index contributed by atoms with van der Waals surface area (Å²) in [5.41, 5.74) is 6.96. The molecule has 0 spiro atoms. The second-order valence-electron chi connectivity index (χ2n) is 3.31. The van der Waals surface area contributed by atoms with Gasteiger partial charge in [-0.1, -0.05) is 18.2 Å². The van der Waals surface area contributed by atoms with E-state index in [1.54, 1.807) is 6.20 Å². The summed E-state index contributed by atoms with van der Waals surface area (Å²) in [7, 11) is 0. The minimum absolute atomic E-state index is 0.0216. The van der Waals surface area contributed by atoms with E-state index in [0.29, 0.717) is 13.0 Å². The average molecular weight is 203 g/mol. The van der Waals surface area contributed by atoms with Gasteiger partial charge in [-0.3, -0.25) is 9.89 Å². The molecule has 2 aromatic rings. The van der Waals surface area contributed by atoms with Crippen molar-refractivity contribution in [3.8, 4) is 5.69 Å². The van der Waals surface area contributed by atoms with Crippen LogP contribution < -0.4 is 11.3 Å². The smallest absolute Gasteiger partial charge is 0.274 e. The lowest BCUT2D eigenvalue weighted by Crippen LogP contribution is -2.19. The zero-order valence-electron chi connectivity index (χ0n) is 8.31. The van der Waals surface area contributed by atoms with E-state index in [1.165, 1.54) is 4.68 Å². The zero-order chi connectivity index (χ0) is 10.7. The molecular weight excluding hydrogens is 190 g/mol.